The SMILES string of the molecule is C[C@@H](OC(=O)Cc1c(Cl)cccc1Cl)C(=O)Nc1ccc(F)cc1. The maximum Gasteiger partial charge on any atom is 0.311 e. The van der Waals surface area contributed by atoms with Crippen LogP contribution >= 0.6 is 23.2 Å². The fourth-order valence-corrected chi connectivity index (χ4v) is 2.45. The van der Waals surface area contributed by atoms with Crippen molar-refractivity contribution >= 4 is 40.8 Å². The topological polar surface area (TPSA) is 55.4 Å². The normalized spacial score (nSPS) is 11.7. The Kier molecular flexibility index (Phi) is 6.17. The van der Waals surface area contributed by atoms with Crippen molar-refractivity contribution in [2.24, 2.45) is 0 Å². The van der Waals surface area contributed by atoms with Gasteiger partial charge in [-0.3, -0.25) is 9.59 Å². The smallest absolute Gasteiger partial charge is 0.311 e. The van der Waals surface area contributed by atoms with Gasteiger partial charge in [0.1, 0.15) is 5.82 Å². The zero-order chi connectivity index (χ0) is 17.7. The van der Waals surface area contributed by atoms with Crippen LogP contribution in [0.4, 0.5) is 10.1 Å². The van der Waals surface area contributed by atoms with Crippen molar-refractivity contribution in [3.05, 3.63) is 63.9 Å². The molecule has 1 amide bonds. The zero-order valence-corrected chi connectivity index (χ0v) is 14.2. The van der Waals surface area contributed by atoms with Gasteiger partial charge in [0, 0.05) is 21.3 Å². The number of halogens is 3. The molecule has 2 rings (SSSR count). The summed E-state index contributed by atoms with van der Waals surface area (Å²) in [5.74, 6) is -1.57. The second-order valence-corrected chi connectivity index (χ2v) is 5.82. The molecule has 2 aromatic rings. The molecule has 0 aromatic heterocycles. The number of amides is 1. The second-order valence-electron chi connectivity index (χ2n) is 5.01. The first-order valence-electron chi connectivity index (χ1n) is 7.05. The van der Waals surface area contributed by atoms with E-state index in [1.54, 1.807) is 18.2 Å². The average Bonchev–Trinajstić information content (AvgIpc) is 2.53. The number of carbonyl (C=O) groups excluding carboxylic acids is 2. The maximum absolute atomic E-state index is 12.8. The molecule has 4 nitrogen and oxygen atoms in total. The van der Waals surface area contributed by atoms with Crippen molar-refractivity contribution in [1.82, 2.24) is 0 Å². The van der Waals surface area contributed by atoms with Crippen molar-refractivity contribution in [3.8, 4) is 0 Å². The molecule has 0 aliphatic heterocycles. The number of esters is 1. The molecule has 0 bridgehead atoms. The van der Waals surface area contributed by atoms with Crippen LogP contribution in [0.15, 0.2) is 42.5 Å². The highest BCUT2D eigenvalue weighted by atomic mass is 35.5. The number of benzene rings is 2. The summed E-state index contributed by atoms with van der Waals surface area (Å²) < 4.78 is 17.9. The van der Waals surface area contributed by atoms with Gasteiger partial charge < -0.3 is 10.1 Å². The van der Waals surface area contributed by atoms with Gasteiger partial charge in [-0.25, -0.2) is 4.39 Å². The van der Waals surface area contributed by atoms with E-state index in [2.05, 4.69) is 5.32 Å². The molecule has 0 radical (unpaired) electrons. The Bertz CT molecular complexity index is 730. The second kappa shape index (κ2) is 8.13. The molecule has 0 spiro atoms. The molecule has 0 aliphatic carbocycles. The van der Waals surface area contributed by atoms with Crippen molar-refractivity contribution in [2.45, 2.75) is 19.4 Å². The van der Waals surface area contributed by atoms with E-state index in [-0.39, 0.29) is 6.42 Å². The van der Waals surface area contributed by atoms with E-state index < -0.39 is 23.8 Å². The van der Waals surface area contributed by atoms with Gasteiger partial charge in [-0.1, -0.05) is 29.3 Å². The van der Waals surface area contributed by atoms with E-state index in [9.17, 15) is 14.0 Å². The highest BCUT2D eigenvalue weighted by molar-refractivity contribution is 6.36. The van der Waals surface area contributed by atoms with E-state index in [4.69, 9.17) is 27.9 Å². The van der Waals surface area contributed by atoms with Crippen LogP contribution in [-0.2, 0) is 20.7 Å². The third-order valence-corrected chi connectivity index (χ3v) is 3.88. The number of nitrogens with one attached hydrogen (secondary N) is 1. The largest absolute Gasteiger partial charge is 0.452 e. The van der Waals surface area contributed by atoms with E-state index in [1.165, 1.54) is 31.2 Å². The van der Waals surface area contributed by atoms with Gasteiger partial charge >= 0.3 is 5.97 Å². The summed E-state index contributed by atoms with van der Waals surface area (Å²) in [6.07, 6.45) is -1.17. The van der Waals surface area contributed by atoms with Gasteiger partial charge in [-0.2, -0.15) is 0 Å². The number of carbonyl (C=O) groups is 2. The molecule has 1 N–H and O–H groups in total. The standard InChI is InChI=1S/C17H14Cl2FNO3/c1-10(17(23)21-12-7-5-11(20)6-8-12)24-16(22)9-13-14(18)3-2-4-15(13)19/h2-8,10H,9H2,1H3,(H,21,23)/t10-/m1/s1. The zero-order valence-electron chi connectivity index (χ0n) is 12.7. The number of ether oxygens (including phenoxy) is 1. The predicted octanol–water partition coefficient (Wildman–Crippen LogP) is 4.25. The Morgan fingerprint density at radius 2 is 1.71 bits per heavy atom. The third kappa shape index (κ3) is 4.94. The Morgan fingerprint density at radius 3 is 2.29 bits per heavy atom. The van der Waals surface area contributed by atoms with Crippen LogP contribution in [0.25, 0.3) is 0 Å². The first-order valence-corrected chi connectivity index (χ1v) is 7.81. The first kappa shape index (κ1) is 18.2. The molecule has 0 saturated heterocycles. The minimum Gasteiger partial charge on any atom is -0.452 e. The van der Waals surface area contributed by atoms with Crippen molar-refractivity contribution < 1.29 is 18.7 Å². The quantitative estimate of drug-likeness (QED) is 0.801. The minimum absolute atomic E-state index is 0.146. The maximum atomic E-state index is 12.8. The van der Waals surface area contributed by atoms with E-state index in [1.807, 2.05) is 0 Å². The minimum atomic E-state index is -1.02. The number of rotatable bonds is 5. The van der Waals surface area contributed by atoms with Crippen LogP contribution in [0.1, 0.15) is 12.5 Å². The first-order chi connectivity index (χ1) is 11.4. The van der Waals surface area contributed by atoms with Gasteiger partial charge in [-0.05, 0) is 43.3 Å². The Labute approximate surface area is 148 Å². The molecule has 7 heteroatoms. The van der Waals surface area contributed by atoms with Crippen LogP contribution in [0.5, 0.6) is 0 Å². The number of anilines is 1. The lowest BCUT2D eigenvalue weighted by atomic mass is 10.1. The van der Waals surface area contributed by atoms with Crippen molar-refractivity contribution in [2.75, 3.05) is 5.32 Å². The molecule has 0 saturated carbocycles. The average molecular weight is 370 g/mol. The van der Waals surface area contributed by atoms with Gasteiger partial charge in [0.2, 0.25) is 0 Å². The van der Waals surface area contributed by atoms with Gasteiger partial charge in [0.15, 0.2) is 6.10 Å². The molecule has 2 aromatic carbocycles. The van der Waals surface area contributed by atoms with Crippen LogP contribution < -0.4 is 5.32 Å². The highest BCUT2D eigenvalue weighted by Crippen LogP contribution is 2.25. The Balaban J connectivity index is 1.93. The number of hydrogen-bond donors (Lipinski definition) is 1. The fraction of sp³-hybridized carbons (Fsp3) is 0.176. The summed E-state index contributed by atoms with van der Waals surface area (Å²) in [5, 5.41) is 3.23. The molecular weight excluding hydrogens is 356 g/mol. The van der Waals surface area contributed by atoms with Crippen LogP contribution in [-0.4, -0.2) is 18.0 Å². The van der Waals surface area contributed by atoms with Crippen LogP contribution in [0, 0.1) is 5.82 Å². The third-order valence-electron chi connectivity index (χ3n) is 3.17. The lowest BCUT2D eigenvalue weighted by Crippen LogP contribution is -2.30. The molecular formula is C17H14Cl2FNO3. The molecule has 0 unspecified atom stereocenters. The summed E-state index contributed by atoms with van der Waals surface area (Å²) in [7, 11) is 0. The van der Waals surface area contributed by atoms with Gasteiger partial charge in [0.05, 0.1) is 6.42 Å². The molecule has 0 fully saturated rings. The van der Waals surface area contributed by atoms with Crippen LogP contribution in [0.2, 0.25) is 10.0 Å². The van der Waals surface area contributed by atoms with Crippen molar-refractivity contribution in [3.63, 3.8) is 0 Å². The van der Waals surface area contributed by atoms with Gasteiger partial charge in [0.25, 0.3) is 5.91 Å². The van der Waals surface area contributed by atoms with E-state index in [0.717, 1.165) is 0 Å². The van der Waals surface area contributed by atoms with E-state index >= 15 is 0 Å². The summed E-state index contributed by atoms with van der Waals surface area (Å²) in [6, 6.07) is 10.1. The molecule has 1 atom stereocenters. The Morgan fingerprint density at radius 1 is 1.12 bits per heavy atom. The van der Waals surface area contributed by atoms with E-state index in [0.29, 0.717) is 21.3 Å². The fourth-order valence-electron chi connectivity index (χ4n) is 1.92. The highest BCUT2D eigenvalue weighted by Gasteiger charge is 2.19. The summed E-state index contributed by atoms with van der Waals surface area (Å²) >= 11 is 12.0. The molecule has 0 aliphatic rings. The summed E-state index contributed by atoms with van der Waals surface area (Å²) in [5.41, 5.74) is 0.843. The van der Waals surface area contributed by atoms with Gasteiger partial charge in [-0.15, -0.1) is 0 Å². The molecule has 24 heavy (non-hydrogen) atoms. The Hall–Kier alpha value is -2.11. The van der Waals surface area contributed by atoms with Crippen molar-refractivity contribution in [1.29, 1.82) is 0 Å². The number of hydrogen-bond acceptors (Lipinski definition) is 3. The summed E-state index contributed by atoms with van der Waals surface area (Å²) in [4.78, 5) is 23.9. The summed E-state index contributed by atoms with van der Waals surface area (Å²) in [6.45, 7) is 1.44. The molecule has 0 heterocycles. The predicted molar refractivity (Wildman–Crippen MR) is 90.7 cm³/mol. The molecule has 126 valence electrons. The lowest BCUT2D eigenvalue weighted by molar-refractivity contribution is -0.152. The lowest BCUT2D eigenvalue weighted by Gasteiger charge is -2.14. The monoisotopic (exact) mass is 369 g/mol. The van der Waals surface area contributed by atoms with Crippen LogP contribution in [0.3, 0.4) is 0 Å².